The topological polar surface area (TPSA) is 78.3 Å². The van der Waals surface area contributed by atoms with E-state index >= 15 is 0 Å². The molecule has 124 valence electrons. The molecule has 0 radical (unpaired) electrons. The number of hydrogen-bond acceptors (Lipinski definition) is 5. The van der Waals surface area contributed by atoms with Gasteiger partial charge in [0.1, 0.15) is 9.84 Å². The molecule has 1 fully saturated rings. The average Bonchev–Trinajstić information content (AvgIpc) is 2.82. The van der Waals surface area contributed by atoms with E-state index in [4.69, 9.17) is 4.74 Å². The van der Waals surface area contributed by atoms with E-state index in [1.54, 1.807) is 13.0 Å². The number of hydrogen-bond donors (Lipinski definition) is 0. The van der Waals surface area contributed by atoms with Crippen LogP contribution in [0.4, 0.5) is 0 Å². The van der Waals surface area contributed by atoms with Gasteiger partial charge in [-0.15, -0.1) is 0 Å². The van der Waals surface area contributed by atoms with Crippen molar-refractivity contribution in [2.24, 2.45) is 5.92 Å². The second kappa shape index (κ2) is 6.81. The van der Waals surface area contributed by atoms with E-state index in [1.807, 2.05) is 4.68 Å². The molecule has 0 spiro atoms. The van der Waals surface area contributed by atoms with Gasteiger partial charge in [-0.1, -0.05) is 13.8 Å². The molecule has 1 aromatic rings. The number of esters is 1. The lowest BCUT2D eigenvalue weighted by molar-refractivity contribution is 0.0518. The molecule has 0 amide bonds. The summed E-state index contributed by atoms with van der Waals surface area (Å²) < 4.78 is 30.0. The Kier molecular flexibility index (Phi) is 5.26. The van der Waals surface area contributed by atoms with Crippen molar-refractivity contribution >= 4 is 15.8 Å². The summed E-state index contributed by atoms with van der Waals surface area (Å²) in [6, 6.07) is 1.82. The molecule has 0 aliphatic carbocycles. The fourth-order valence-electron chi connectivity index (χ4n) is 2.75. The number of aromatic nitrogens is 2. The minimum absolute atomic E-state index is 0.0421. The molecule has 2 rings (SSSR count). The Morgan fingerprint density at radius 1 is 1.41 bits per heavy atom. The molecule has 1 aliphatic rings. The van der Waals surface area contributed by atoms with Crippen molar-refractivity contribution in [3.63, 3.8) is 0 Å². The van der Waals surface area contributed by atoms with Crippen LogP contribution in [0.5, 0.6) is 0 Å². The van der Waals surface area contributed by atoms with Gasteiger partial charge in [0, 0.05) is 5.69 Å². The molecule has 1 aromatic heterocycles. The first-order valence-electron chi connectivity index (χ1n) is 7.78. The van der Waals surface area contributed by atoms with Gasteiger partial charge in [0.15, 0.2) is 5.69 Å². The Balaban J connectivity index is 2.26. The largest absolute Gasteiger partial charge is 0.461 e. The average molecular weight is 328 g/mol. The highest BCUT2D eigenvalue weighted by Crippen LogP contribution is 2.26. The zero-order valence-electron chi connectivity index (χ0n) is 13.4. The van der Waals surface area contributed by atoms with Crippen LogP contribution in [-0.4, -0.2) is 42.3 Å². The molecule has 7 heteroatoms. The highest BCUT2D eigenvalue weighted by molar-refractivity contribution is 7.91. The second-order valence-electron chi connectivity index (χ2n) is 6.17. The molecule has 0 unspecified atom stereocenters. The quantitative estimate of drug-likeness (QED) is 0.773. The Labute approximate surface area is 131 Å². The molecule has 0 aromatic carbocycles. The lowest BCUT2D eigenvalue weighted by atomic mass is 10.1. The van der Waals surface area contributed by atoms with Crippen molar-refractivity contribution in [2.45, 2.75) is 46.1 Å². The maximum Gasteiger partial charge on any atom is 0.358 e. The molecule has 0 N–H and O–H groups in total. The van der Waals surface area contributed by atoms with Gasteiger partial charge in [-0.3, -0.25) is 4.68 Å². The number of carbonyl (C=O) groups is 1. The minimum atomic E-state index is -2.91. The van der Waals surface area contributed by atoms with Crippen LogP contribution < -0.4 is 0 Å². The number of ether oxygens (including phenoxy) is 1. The third kappa shape index (κ3) is 4.09. The summed E-state index contributed by atoms with van der Waals surface area (Å²) in [5.41, 5.74) is 1.29. The van der Waals surface area contributed by atoms with Crippen LogP contribution in [0.15, 0.2) is 6.07 Å². The smallest absolute Gasteiger partial charge is 0.358 e. The zero-order chi connectivity index (χ0) is 16.3. The van der Waals surface area contributed by atoms with Crippen LogP contribution in [0.25, 0.3) is 0 Å². The van der Waals surface area contributed by atoms with Gasteiger partial charge >= 0.3 is 5.97 Å². The zero-order valence-corrected chi connectivity index (χ0v) is 14.2. The Morgan fingerprint density at radius 2 is 2.05 bits per heavy atom. The molecule has 1 saturated heterocycles. The van der Waals surface area contributed by atoms with E-state index in [0.29, 0.717) is 31.1 Å². The van der Waals surface area contributed by atoms with Crippen LogP contribution >= 0.6 is 0 Å². The second-order valence-corrected chi connectivity index (χ2v) is 8.47. The summed E-state index contributed by atoms with van der Waals surface area (Å²) in [4.78, 5) is 11.9. The van der Waals surface area contributed by atoms with Crippen molar-refractivity contribution in [2.75, 3.05) is 18.1 Å². The molecular formula is C15H24N2O4S. The van der Waals surface area contributed by atoms with Crippen LogP contribution in [0.3, 0.4) is 0 Å². The van der Waals surface area contributed by atoms with Gasteiger partial charge < -0.3 is 4.74 Å². The maximum atomic E-state index is 11.9. The molecule has 0 bridgehead atoms. The van der Waals surface area contributed by atoms with Gasteiger partial charge in [0.25, 0.3) is 0 Å². The summed E-state index contributed by atoms with van der Waals surface area (Å²) in [6.07, 6.45) is 1.91. The summed E-state index contributed by atoms with van der Waals surface area (Å²) in [6.45, 7) is 6.28. The summed E-state index contributed by atoms with van der Waals surface area (Å²) >= 11 is 0. The first kappa shape index (κ1) is 17.0. The Bertz CT molecular complexity index is 620. The van der Waals surface area contributed by atoms with Gasteiger partial charge in [-0.25, -0.2) is 13.2 Å². The van der Waals surface area contributed by atoms with E-state index in [0.717, 1.165) is 12.1 Å². The van der Waals surface area contributed by atoms with Crippen molar-refractivity contribution in [3.8, 4) is 0 Å². The Morgan fingerprint density at radius 3 is 2.59 bits per heavy atom. The van der Waals surface area contributed by atoms with Crippen molar-refractivity contribution in [1.29, 1.82) is 0 Å². The maximum absolute atomic E-state index is 11.9. The van der Waals surface area contributed by atoms with Gasteiger partial charge in [0.2, 0.25) is 0 Å². The van der Waals surface area contributed by atoms with Crippen LogP contribution in [0.1, 0.15) is 55.8 Å². The van der Waals surface area contributed by atoms with E-state index in [-0.39, 0.29) is 17.5 Å². The van der Waals surface area contributed by atoms with Crippen LogP contribution in [0.2, 0.25) is 0 Å². The van der Waals surface area contributed by atoms with E-state index in [2.05, 4.69) is 18.9 Å². The van der Waals surface area contributed by atoms with Gasteiger partial charge in [0.05, 0.1) is 24.2 Å². The fraction of sp³-hybridized carbons (Fsp3) is 0.733. The summed E-state index contributed by atoms with van der Waals surface area (Å²) in [5, 5.41) is 4.40. The number of carbonyl (C=O) groups excluding carboxylic acids is 1. The van der Waals surface area contributed by atoms with Gasteiger partial charge in [-0.05, 0) is 38.2 Å². The molecule has 1 aliphatic heterocycles. The summed E-state index contributed by atoms with van der Waals surface area (Å²) in [5.74, 6) is 0.383. The van der Waals surface area contributed by atoms with Gasteiger partial charge in [-0.2, -0.15) is 5.10 Å². The van der Waals surface area contributed by atoms with Crippen molar-refractivity contribution < 1.29 is 17.9 Å². The normalized spacial score (nSPS) is 18.5. The number of nitrogens with zero attached hydrogens (tertiary/aromatic N) is 2. The van der Waals surface area contributed by atoms with Crippen molar-refractivity contribution in [3.05, 3.63) is 17.5 Å². The fourth-order valence-corrected chi connectivity index (χ4v) is 4.21. The van der Waals surface area contributed by atoms with E-state index < -0.39 is 15.8 Å². The molecule has 6 nitrogen and oxygen atoms in total. The molecule has 2 heterocycles. The van der Waals surface area contributed by atoms with Crippen LogP contribution in [0, 0.1) is 5.92 Å². The minimum Gasteiger partial charge on any atom is -0.461 e. The highest BCUT2D eigenvalue weighted by Gasteiger charge is 2.28. The highest BCUT2D eigenvalue weighted by atomic mass is 32.2. The Hall–Kier alpha value is -1.37. The van der Waals surface area contributed by atoms with E-state index in [9.17, 15) is 13.2 Å². The predicted molar refractivity (Wildman–Crippen MR) is 83.7 cm³/mol. The molecule has 22 heavy (non-hydrogen) atoms. The SMILES string of the molecule is CCOC(=O)c1cc(CC(C)C)n(C2CCS(=O)(=O)CC2)n1. The number of sulfone groups is 1. The van der Waals surface area contributed by atoms with E-state index in [1.165, 1.54) is 0 Å². The molecule has 0 atom stereocenters. The van der Waals surface area contributed by atoms with Crippen molar-refractivity contribution in [1.82, 2.24) is 9.78 Å². The number of rotatable bonds is 5. The summed E-state index contributed by atoms with van der Waals surface area (Å²) in [7, 11) is -2.91. The molecular weight excluding hydrogens is 304 g/mol. The monoisotopic (exact) mass is 328 g/mol. The predicted octanol–water partition coefficient (Wildman–Crippen LogP) is 2.01. The first-order chi connectivity index (χ1) is 10.3. The lowest BCUT2D eigenvalue weighted by Crippen LogP contribution is -2.27. The third-order valence-corrected chi connectivity index (χ3v) is 5.50. The molecule has 0 saturated carbocycles. The lowest BCUT2D eigenvalue weighted by Gasteiger charge is -2.24. The standard InChI is InChI=1S/C15H24N2O4S/c1-4-21-15(18)14-10-13(9-11(2)3)17(16-14)12-5-7-22(19,20)8-6-12/h10-12H,4-9H2,1-3H3. The third-order valence-electron chi connectivity index (χ3n) is 3.79. The van der Waals surface area contributed by atoms with Crippen LogP contribution in [-0.2, 0) is 21.0 Å². The first-order valence-corrected chi connectivity index (χ1v) is 9.60.